The SMILES string of the molecule is CC(c1ccccc1)N(C)C(=O)COC(=O)c1ccc(S(=O)(=O)N2CCCCC2C)cc1. The van der Waals surface area contributed by atoms with E-state index < -0.39 is 22.6 Å². The highest BCUT2D eigenvalue weighted by atomic mass is 32.2. The molecule has 0 bridgehead atoms. The third kappa shape index (κ3) is 5.37. The van der Waals surface area contributed by atoms with Crippen LogP contribution in [0.4, 0.5) is 0 Å². The van der Waals surface area contributed by atoms with Gasteiger partial charge in [0.1, 0.15) is 0 Å². The molecule has 172 valence electrons. The summed E-state index contributed by atoms with van der Waals surface area (Å²) in [4.78, 5) is 26.5. The number of sulfonamides is 1. The summed E-state index contributed by atoms with van der Waals surface area (Å²) in [6.45, 7) is 3.93. The standard InChI is InChI=1S/C24H30N2O5S/c1-18-9-7-8-16-26(18)32(29,30)22-14-12-21(13-15-22)24(28)31-17-23(27)25(3)19(2)20-10-5-4-6-11-20/h4-6,10-15,18-19H,7-9,16-17H2,1-3H3. The number of hydrogen-bond donors (Lipinski definition) is 0. The van der Waals surface area contributed by atoms with Crippen molar-refractivity contribution in [3.05, 3.63) is 65.7 Å². The van der Waals surface area contributed by atoms with Crippen molar-refractivity contribution >= 4 is 21.9 Å². The predicted molar refractivity (Wildman–Crippen MR) is 122 cm³/mol. The maximum absolute atomic E-state index is 12.9. The number of hydrogen-bond acceptors (Lipinski definition) is 5. The third-order valence-electron chi connectivity index (χ3n) is 6.02. The summed E-state index contributed by atoms with van der Waals surface area (Å²) >= 11 is 0. The van der Waals surface area contributed by atoms with E-state index in [1.807, 2.05) is 44.2 Å². The molecule has 8 heteroatoms. The van der Waals surface area contributed by atoms with Crippen LogP contribution in [-0.2, 0) is 19.6 Å². The van der Waals surface area contributed by atoms with Crippen molar-refractivity contribution in [1.82, 2.24) is 9.21 Å². The smallest absolute Gasteiger partial charge is 0.338 e. The first-order valence-electron chi connectivity index (χ1n) is 10.8. The Morgan fingerprint density at radius 2 is 1.75 bits per heavy atom. The summed E-state index contributed by atoms with van der Waals surface area (Å²) in [7, 11) is -1.94. The van der Waals surface area contributed by atoms with Crippen LogP contribution in [0.5, 0.6) is 0 Å². The molecule has 2 aromatic rings. The topological polar surface area (TPSA) is 84.0 Å². The zero-order valence-corrected chi connectivity index (χ0v) is 19.5. The third-order valence-corrected chi connectivity index (χ3v) is 8.05. The number of ether oxygens (including phenoxy) is 1. The van der Waals surface area contributed by atoms with Gasteiger partial charge in [-0.2, -0.15) is 4.31 Å². The Morgan fingerprint density at radius 3 is 2.38 bits per heavy atom. The Kier molecular flexibility index (Phi) is 7.69. The molecule has 2 aromatic carbocycles. The van der Waals surface area contributed by atoms with E-state index in [1.165, 1.54) is 33.5 Å². The fraction of sp³-hybridized carbons (Fsp3) is 0.417. The zero-order valence-electron chi connectivity index (χ0n) is 18.7. The minimum absolute atomic E-state index is 0.0420. The largest absolute Gasteiger partial charge is 0.452 e. The molecule has 0 spiro atoms. The summed E-state index contributed by atoms with van der Waals surface area (Å²) < 4.78 is 32.5. The molecular weight excluding hydrogens is 428 g/mol. The highest BCUT2D eigenvalue weighted by molar-refractivity contribution is 7.89. The van der Waals surface area contributed by atoms with Crippen molar-refractivity contribution in [1.29, 1.82) is 0 Å². The molecule has 2 unspecified atom stereocenters. The minimum Gasteiger partial charge on any atom is -0.452 e. The first-order valence-corrected chi connectivity index (χ1v) is 12.3. The minimum atomic E-state index is -3.61. The van der Waals surface area contributed by atoms with Gasteiger partial charge in [0.25, 0.3) is 5.91 Å². The van der Waals surface area contributed by atoms with Crippen LogP contribution in [0.2, 0.25) is 0 Å². The number of likely N-dealkylation sites (N-methyl/N-ethyl adjacent to an activating group) is 1. The number of carbonyl (C=O) groups excluding carboxylic acids is 2. The summed E-state index contributed by atoms with van der Waals surface area (Å²) in [5.41, 5.74) is 1.18. The maximum Gasteiger partial charge on any atom is 0.338 e. The molecule has 0 radical (unpaired) electrons. The molecule has 0 aromatic heterocycles. The Labute approximate surface area is 190 Å². The molecule has 2 atom stereocenters. The molecule has 0 saturated carbocycles. The molecule has 32 heavy (non-hydrogen) atoms. The van der Waals surface area contributed by atoms with Gasteiger partial charge >= 0.3 is 5.97 Å². The molecular formula is C24H30N2O5S. The maximum atomic E-state index is 12.9. The van der Waals surface area contributed by atoms with Gasteiger partial charge in [0.15, 0.2) is 6.61 Å². The Hall–Kier alpha value is -2.71. The molecule has 3 rings (SSSR count). The van der Waals surface area contributed by atoms with Crippen LogP contribution in [0.15, 0.2) is 59.5 Å². The number of nitrogens with zero attached hydrogens (tertiary/aromatic N) is 2. The number of carbonyl (C=O) groups is 2. The van der Waals surface area contributed by atoms with Crippen LogP contribution in [0.25, 0.3) is 0 Å². The fourth-order valence-electron chi connectivity index (χ4n) is 3.81. The van der Waals surface area contributed by atoms with E-state index in [1.54, 1.807) is 7.05 Å². The van der Waals surface area contributed by atoms with Gasteiger partial charge in [-0.05, 0) is 56.5 Å². The number of esters is 1. The van der Waals surface area contributed by atoms with Gasteiger partial charge in [0.05, 0.1) is 16.5 Å². The van der Waals surface area contributed by atoms with Gasteiger partial charge in [-0.25, -0.2) is 13.2 Å². The lowest BCUT2D eigenvalue weighted by Crippen LogP contribution is -2.41. The van der Waals surface area contributed by atoms with Crippen LogP contribution in [0, 0.1) is 0 Å². The summed E-state index contributed by atoms with van der Waals surface area (Å²) in [5, 5.41) is 0. The number of rotatable bonds is 7. The summed E-state index contributed by atoms with van der Waals surface area (Å²) in [6, 6.07) is 15.0. The van der Waals surface area contributed by atoms with E-state index in [-0.39, 0.29) is 28.4 Å². The van der Waals surface area contributed by atoms with Gasteiger partial charge < -0.3 is 9.64 Å². The number of piperidine rings is 1. The van der Waals surface area contributed by atoms with E-state index in [4.69, 9.17) is 4.74 Å². The van der Waals surface area contributed by atoms with Crippen LogP contribution in [0.1, 0.15) is 55.1 Å². The Morgan fingerprint density at radius 1 is 1.09 bits per heavy atom. The van der Waals surface area contributed by atoms with Gasteiger partial charge in [0, 0.05) is 19.6 Å². The molecule has 0 aliphatic carbocycles. The van der Waals surface area contributed by atoms with E-state index in [0.717, 1.165) is 24.8 Å². The average Bonchev–Trinajstić information content (AvgIpc) is 2.82. The van der Waals surface area contributed by atoms with Gasteiger partial charge in [-0.15, -0.1) is 0 Å². The van der Waals surface area contributed by atoms with Gasteiger partial charge in [-0.3, -0.25) is 4.79 Å². The van der Waals surface area contributed by atoms with Crippen molar-refractivity contribution in [2.75, 3.05) is 20.2 Å². The second kappa shape index (κ2) is 10.3. The van der Waals surface area contributed by atoms with Crippen LogP contribution in [0.3, 0.4) is 0 Å². The molecule has 1 heterocycles. The zero-order chi connectivity index (χ0) is 23.3. The number of amides is 1. The normalized spacial score (nSPS) is 18.0. The lowest BCUT2D eigenvalue weighted by atomic mass is 10.1. The van der Waals surface area contributed by atoms with Crippen molar-refractivity contribution in [3.8, 4) is 0 Å². The first-order chi connectivity index (χ1) is 15.2. The quantitative estimate of drug-likeness (QED) is 0.592. The molecule has 7 nitrogen and oxygen atoms in total. The first kappa shape index (κ1) is 23.9. The Balaban J connectivity index is 1.59. The molecule has 0 N–H and O–H groups in total. The van der Waals surface area contributed by atoms with Gasteiger partial charge in [-0.1, -0.05) is 36.8 Å². The highest BCUT2D eigenvalue weighted by Gasteiger charge is 2.31. The van der Waals surface area contributed by atoms with Crippen molar-refractivity contribution in [3.63, 3.8) is 0 Å². The highest BCUT2D eigenvalue weighted by Crippen LogP contribution is 2.25. The lowest BCUT2D eigenvalue weighted by molar-refractivity contribution is -0.135. The van der Waals surface area contributed by atoms with Crippen molar-refractivity contribution in [2.45, 2.75) is 50.1 Å². The monoisotopic (exact) mass is 458 g/mol. The van der Waals surface area contributed by atoms with Crippen molar-refractivity contribution < 1.29 is 22.7 Å². The van der Waals surface area contributed by atoms with E-state index >= 15 is 0 Å². The van der Waals surface area contributed by atoms with Gasteiger partial charge in [0.2, 0.25) is 10.0 Å². The second-order valence-corrected chi connectivity index (χ2v) is 10.0. The fourth-order valence-corrected chi connectivity index (χ4v) is 5.51. The van der Waals surface area contributed by atoms with E-state index in [0.29, 0.717) is 6.54 Å². The predicted octanol–water partition coefficient (Wildman–Crippen LogP) is 3.63. The van der Waals surface area contributed by atoms with E-state index in [9.17, 15) is 18.0 Å². The van der Waals surface area contributed by atoms with Crippen LogP contribution < -0.4 is 0 Å². The second-order valence-electron chi connectivity index (χ2n) is 8.15. The Bertz CT molecular complexity index is 1040. The molecule has 1 aliphatic heterocycles. The van der Waals surface area contributed by atoms with E-state index in [2.05, 4.69) is 0 Å². The van der Waals surface area contributed by atoms with Crippen LogP contribution in [-0.4, -0.2) is 55.7 Å². The average molecular weight is 459 g/mol. The lowest BCUT2D eigenvalue weighted by Gasteiger charge is -2.32. The van der Waals surface area contributed by atoms with Crippen molar-refractivity contribution in [2.24, 2.45) is 0 Å². The number of benzene rings is 2. The summed E-state index contributed by atoms with van der Waals surface area (Å²) in [5.74, 6) is -0.998. The molecule has 1 amide bonds. The summed E-state index contributed by atoms with van der Waals surface area (Å²) in [6.07, 6.45) is 2.71. The molecule has 1 aliphatic rings. The molecule has 1 fully saturated rings. The van der Waals surface area contributed by atoms with Crippen LogP contribution >= 0.6 is 0 Å². The molecule has 1 saturated heterocycles.